The summed E-state index contributed by atoms with van der Waals surface area (Å²) in [6, 6.07) is 0. The first kappa shape index (κ1) is 10.7. The van der Waals surface area contributed by atoms with Crippen molar-refractivity contribution in [3.8, 4) is 0 Å². The van der Waals surface area contributed by atoms with Gasteiger partial charge in [0, 0.05) is 26.0 Å². The quantitative estimate of drug-likeness (QED) is 0.699. The van der Waals surface area contributed by atoms with Crippen LogP contribution in [0.4, 0.5) is 5.82 Å². The highest BCUT2D eigenvalue weighted by Crippen LogP contribution is 2.02. The fraction of sp³-hybridized carbons (Fsp3) is 0.556. The highest BCUT2D eigenvalue weighted by Gasteiger charge is 2.09. The first-order valence-electron chi connectivity index (χ1n) is 4.60. The number of rotatable bonds is 4. The SMILES string of the molecule is CC(CN)CN(C)c1ncc[nH]c1=O. The van der Waals surface area contributed by atoms with Crippen molar-refractivity contribution in [1.82, 2.24) is 9.97 Å². The van der Waals surface area contributed by atoms with E-state index in [1.165, 1.54) is 6.20 Å². The average Bonchev–Trinajstić information content (AvgIpc) is 2.18. The monoisotopic (exact) mass is 196 g/mol. The van der Waals surface area contributed by atoms with Crippen molar-refractivity contribution in [2.24, 2.45) is 11.7 Å². The van der Waals surface area contributed by atoms with Gasteiger partial charge in [-0.25, -0.2) is 4.98 Å². The van der Waals surface area contributed by atoms with Crippen LogP contribution >= 0.6 is 0 Å². The maximum atomic E-state index is 11.3. The van der Waals surface area contributed by atoms with E-state index >= 15 is 0 Å². The van der Waals surface area contributed by atoms with Gasteiger partial charge in [-0.2, -0.15) is 0 Å². The maximum Gasteiger partial charge on any atom is 0.290 e. The van der Waals surface area contributed by atoms with Gasteiger partial charge >= 0.3 is 0 Å². The van der Waals surface area contributed by atoms with Gasteiger partial charge in [0.15, 0.2) is 5.82 Å². The molecule has 0 aromatic carbocycles. The maximum absolute atomic E-state index is 11.3. The summed E-state index contributed by atoms with van der Waals surface area (Å²) < 4.78 is 0. The Kier molecular flexibility index (Phi) is 3.64. The largest absolute Gasteiger partial charge is 0.355 e. The second kappa shape index (κ2) is 4.76. The van der Waals surface area contributed by atoms with Gasteiger partial charge in [0.25, 0.3) is 5.56 Å². The summed E-state index contributed by atoms with van der Waals surface area (Å²) in [6.45, 7) is 3.37. The van der Waals surface area contributed by atoms with Gasteiger partial charge in [0.2, 0.25) is 0 Å². The third-order valence-electron chi connectivity index (χ3n) is 2.04. The molecule has 0 spiro atoms. The number of nitrogens with zero attached hydrogens (tertiary/aromatic N) is 2. The lowest BCUT2D eigenvalue weighted by atomic mass is 10.2. The van der Waals surface area contributed by atoms with Crippen LogP contribution in [-0.2, 0) is 0 Å². The fourth-order valence-corrected chi connectivity index (χ4v) is 1.24. The molecule has 0 amide bonds. The molecule has 5 heteroatoms. The average molecular weight is 196 g/mol. The summed E-state index contributed by atoms with van der Waals surface area (Å²) >= 11 is 0. The van der Waals surface area contributed by atoms with Crippen molar-refractivity contribution < 1.29 is 0 Å². The van der Waals surface area contributed by atoms with Crippen LogP contribution < -0.4 is 16.2 Å². The zero-order valence-corrected chi connectivity index (χ0v) is 8.53. The molecule has 0 radical (unpaired) electrons. The molecule has 0 bridgehead atoms. The van der Waals surface area contributed by atoms with E-state index in [-0.39, 0.29) is 5.56 Å². The van der Waals surface area contributed by atoms with Gasteiger partial charge in [0.1, 0.15) is 0 Å². The predicted octanol–water partition coefficient (Wildman–Crippen LogP) is -0.199. The molecule has 0 saturated heterocycles. The smallest absolute Gasteiger partial charge is 0.290 e. The fourth-order valence-electron chi connectivity index (χ4n) is 1.24. The minimum absolute atomic E-state index is 0.167. The Morgan fingerprint density at radius 1 is 1.71 bits per heavy atom. The van der Waals surface area contributed by atoms with Crippen LogP contribution in [0.5, 0.6) is 0 Å². The predicted molar refractivity (Wildman–Crippen MR) is 56.3 cm³/mol. The zero-order chi connectivity index (χ0) is 10.6. The normalized spacial score (nSPS) is 12.5. The van der Waals surface area contributed by atoms with Gasteiger partial charge in [-0.1, -0.05) is 6.92 Å². The van der Waals surface area contributed by atoms with Crippen molar-refractivity contribution in [2.45, 2.75) is 6.92 Å². The van der Waals surface area contributed by atoms with Crippen molar-refractivity contribution in [3.05, 3.63) is 22.7 Å². The molecular weight excluding hydrogens is 180 g/mol. The topological polar surface area (TPSA) is 75.0 Å². The van der Waals surface area contributed by atoms with Crippen LogP contribution in [-0.4, -0.2) is 30.1 Å². The molecule has 0 aliphatic heterocycles. The number of hydrogen-bond donors (Lipinski definition) is 2. The molecule has 1 aromatic rings. The number of H-pyrrole nitrogens is 1. The summed E-state index contributed by atoms with van der Waals surface area (Å²) in [4.78, 5) is 19.7. The van der Waals surface area contributed by atoms with E-state index in [4.69, 9.17) is 5.73 Å². The molecule has 1 rings (SSSR count). The molecule has 0 aliphatic carbocycles. The number of anilines is 1. The highest BCUT2D eigenvalue weighted by atomic mass is 16.1. The molecule has 1 aromatic heterocycles. The van der Waals surface area contributed by atoms with Crippen molar-refractivity contribution >= 4 is 5.82 Å². The molecule has 5 nitrogen and oxygen atoms in total. The molecule has 14 heavy (non-hydrogen) atoms. The van der Waals surface area contributed by atoms with Crippen LogP contribution in [0.2, 0.25) is 0 Å². The summed E-state index contributed by atoms with van der Waals surface area (Å²) in [6.07, 6.45) is 3.09. The molecular formula is C9H16N4O. The van der Waals surface area contributed by atoms with E-state index in [9.17, 15) is 4.79 Å². The number of nitrogens with one attached hydrogen (secondary N) is 1. The first-order valence-corrected chi connectivity index (χ1v) is 4.60. The molecule has 0 saturated carbocycles. The number of nitrogens with two attached hydrogens (primary N) is 1. The van der Waals surface area contributed by atoms with Crippen molar-refractivity contribution in [3.63, 3.8) is 0 Å². The Morgan fingerprint density at radius 2 is 2.43 bits per heavy atom. The summed E-state index contributed by atoms with van der Waals surface area (Å²) in [5.74, 6) is 0.786. The van der Waals surface area contributed by atoms with Gasteiger partial charge in [0.05, 0.1) is 0 Å². The highest BCUT2D eigenvalue weighted by molar-refractivity contribution is 5.33. The van der Waals surface area contributed by atoms with Crippen molar-refractivity contribution in [1.29, 1.82) is 0 Å². The van der Waals surface area contributed by atoms with Crippen LogP contribution in [0.25, 0.3) is 0 Å². The van der Waals surface area contributed by atoms with E-state index < -0.39 is 0 Å². The molecule has 78 valence electrons. The molecule has 3 N–H and O–H groups in total. The van der Waals surface area contributed by atoms with E-state index in [0.717, 1.165) is 6.54 Å². The molecule has 1 unspecified atom stereocenters. The third-order valence-corrected chi connectivity index (χ3v) is 2.04. The third kappa shape index (κ3) is 2.56. The standard InChI is InChI=1S/C9H16N4O/c1-7(5-10)6-13(2)8-9(14)12-4-3-11-8/h3-4,7H,5-6,10H2,1-2H3,(H,12,14). The first-order chi connectivity index (χ1) is 6.65. The Hall–Kier alpha value is -1.36. The van der Waals surface area contributed by atoms with Gasteiger partial charge in [-0.3, -0.25) is 4.79 Å². The van der Waals surface area contributed by atoms with Crippen LogP contribution in [0.3, 0.4) is 0 Å². The number of aromatic nitrogens is 2. The zero-order valence-electron chi connectivity index (χ0n) is 8.53. The Labute approximate surface area is 83.0 Å². The lowest BCUT2D eigenvalue weighted by molar-refractivity contribution is 0.586. The lowest BCUT2D eigenvalue weighted by Crippen LogP contribution is -2.32. The van der Waals surface area contributed by atoms with Gasteiger partial charge in [-0.05, 0) is 12.5 Å². The Bertz CT molecular complexity index is 336. The second-order valence-electron chi connectivity index (χ2n) is 3.46. The van der Waals surface area contributed by atoms with Crippen LogP contribution in [0.15, 0.2) is 17.2 Å². The van der Waals surface area contributed by atoms with E-state index in [1.807, 2.05) is 18.9 Å². The van der Waals surface area contributed by atoms with Crippen LogP contribution in [0.1, 0.15) is 6.92 Å². The summed E-state index contributed by atoms with van der Waals surface area (Å²) in [5, 5.41) is 0. The van der Waals surface area contributed by atoms with E-state index in [0.29, 0.717) is 18.3 Å². The molecule has 0 aliphatic rings. The van der Waals surface area contributed by atoms with E-state index in [1.54, 1.807) is 6.20 Å². The van der Waals surface area contributed by atoms with Crippen LogP contribution in [0, 0.1) is 5.92 Å². The second-order valence-corrected chi connectivity index (χ2v) is 3.46. The van der Waals surface area contributed by atoms with E-state index in [2.05, 4.69) is 9.97 Å². The molecule has 1 atom stereocenters. The minimum atomic E-state index is -0.167. The summed E-state index contributed by atoms with van der Waals surface area (Å²) in [7, 11) is 1.84. The number of hydrogen-bond acceptors (Lipinski definition) is 4. The Morgan fingerprint density at radius 3 is 3.00 bits per heavy atom. The minimum Gasteiger partial charge on any atom is -0.355 e. The van der Waals surface area contributed by atoms with Gasteiger partial charge in [-0.15, -0.1) is 0 Å². The van der Waals surface area contributed by atoms with Gasteiger partial charge < -0.3 is 15.6 Å². The van der Waals surface area contributed by atoms with Crippen molar-refractivity contribution in [2.75, 3.05) is 25.0 Å². The Balaban J connectivity index is 2.74. The molecule has 1 heterocycles. The lowest BCUT2D eigenvalue weighted by Gasteiger charge is -2.20. The summed E-state index contributed by atoms with van der Waals surface area (Å²) in [5.41, 5.74) is 5.34. The molecule has 0 fully saturated rings. The number of aromatic amines is 1.